The number of hydrogen-bond donors (Lipinski definition) is 3. The Morgan fingerprint density at radius 3 is 2.96 bits per heavy atom. The molecule has 1 atom stereocenters. The topological polar surface area (TPSA) is 74.0 Å². The summed E-state index contributed by atoms with van der Waals surface area (Å²) in [4.78, 5) is 28.4. The Bertz CT molecular complexity index is 899. The lowest BCUT2D eigenvalue weighted by Gasteiger charge is -2.25. The molecule has 0 spiro atoms. The number of fused-ring (bicyclic) bond motifs is 2. The normalized spacial score (nSPS) is 16.9. The largest absolute Gasteiger partial charge is 0.342 e. The number of thiophene rings is 1. The van der Waals surface area contributed by atoms with Gasteiger partial charge in [-0.25, -0.2) is 0 Å². The molecule has 1 aromatic carbocycles. The zero-order valence-electron chi connectivity index (χ0n) is 11.9. The molecule has 3 aromatic rings. The third-order valence-electron chi connectivity index (χ3n) is 3.84. The van der Waals surface area contributed by atoms with E-state index in [1.54, 1.807) is 12.1 Å². The van der Waals surface area contributed by atoms with Crippen molar-refractivity contribution in [3.63, 3.8) is 0 Å². The zero-order valence-corrected chi connectivity index (χ0v) is 13.4. The predicted octanol–water partition coefficient (Wildman–Crippen LogP) is 3.18. The van der Waals surface area contributed by atoms with E-state index in [0.29, 0.717) is 16.5 Å². The quantitative estimate of drug-likeness (QED) is 0.667. The molecule has 0 saturated carbocycles. The number of hydrogen-bond acceptors (Lipinski definition) is 3. The summed E-state index contributed by atoms with van der Waals surface area (Å²) in [5, 5.41) is 6.49. The average molecular weight is 346 g/mol. The highest BCUT2D eigenvalue weighted by molar-refractivity contribution is 7.22. The van der Waals surface area contributed by atoms with Gasteiger partial charge in [-0.3, -0.25) is 9.59 Å². The van der Waals surface area contributed by atoms with E-state index in [0.717, 1.165) is 21.5 Å². The van der Waals surface area contributed by atoms with E-state index < -0.39 is 6.04 Å². The highest BCUT2D eigenvalue weighted by atomic mass is 35.5. The second-order valence-corrected chi connectivity index (χ2v) is 7.08. The standard InChI is InChI=1S/C16H12ClN3O2S/c17-13-7-9-6-12(20-16(9)23-13)15(22)19-11-5-8-3-1-2-4-10(8)18-14(11)21/h1-4,6-7,11,20H,5H2,(H,18,21)(H,19,22)/t11-/m1/s1. The lowest BCUT2D eigenvalue weighted by atomic mass is 9.99. The first-order valence-corrected chi connectivity index (χ1v) is 8.27. The van der Waals surface area contributed by atoms with E-state index >= 15 is 0 Å². The van der Waals surface area contributed by atoms with Crippen molar-refractivity contribution in [3.05, 3.63) is 52.0 Å². The number of carbonyl (C=O) groups is 2. The first kappa shape index (κ1) is 14.3. The number of halogens is 1. The third kappa shape index (κ3) is 2.60. The van der Waals surface area contributed by atoms with Crippen LogP contribution in [0.25, 0.3) is 10.2 Å². The van der Waals surface area contributed by atoms with Gasteiger partial charge in [0.25, 0.3) is 5.91 Å². The Morgan fingerprint density at radius 1 is 1.30 bits per heavy atom. The van der Waals surface area contributed by atoms with Gasteiger partial charge in [0.2, 0.25) is 5.91 Å². The van der Waals surface area contributed by atoms with Crippen molar-refractivity contribution in [1.29, 1.82) is 0 Å². The summed E-state index contributed by atoms with van der Waals surface area (Å²) >= 11 is 7.30. The fourth-order valence-electron chi connectivity index (χ4n) is 2.72. The number of amides is 2. The number of anilines is 1. The van der Waals surface area contributed by atoms with Crippen LogP contribution in [0.1, 0.15) is 16.1 Å². The molecule has 0 unspecified atom stereocenters. The van der Waals surface area contributed by atoms with Crippen LogP contribution in [0.4, 0.5) is 5.69 Å². The minimum absolute atomic E-state index is 0.200. The minimum atomic E-state index is -0.581. The molecule has 7 heteroatoms. The Morgan fingerprint density at radius 2 is 2.13 bits per heavy atom. The maximum Gasteiger partial charge on any atom is 0.268 e. The average Bonchev–Trinajstić information content (AvgIpc) is 3.05. The van der Waals surface area contributed by atoms with Gasteiger partial charge < -0.3 is 15.6 Å². The van der Waals surface area contributed by atoms with Crippen LogP contribution < -0.4 is 10.6 Å². The molecular weight excluding hydrogens is 334 g/mol. The molecule has 1 aliphatic rings. The lowest BCUT2D eigenvalue weighted by Crippen LogP contribution is -2.47. The van der Waals surface area contributed by atoms with Crippen LogP contribution in [0.2, 0.25) is 4.34 Å². The Labute approximate surface area is 140 Å². The highest BCUT2D eigenvalue weighted by Crippen LogP contribution is 2.29. The van der Waals surface area contributed by atoms with E-state index in [9.17, 15) is 9.59 Å². The summed E-state index contributed by atoms with van der Waals surface area (Å²) in [6, 6.07) is 10.5. The van der Waals surface area contributed by atoms with Gasteiger partial charge >= 0.3 is 0 Å². The molecule has 0 fully saturated rings. The van der Waals surface area contributed by atoms with Crippen molar-refractivity contribution >= 4 is 50.7 Å². The van der Waals surface area contributed by atoms with Crippen LogP contribution in [0, 0.1) is 0 Å². The van der Waals surface area contributed by atoms with E-state index in [4.69, 9.17) is 11.6 Å². The van der Waals surface area contributed by atoms with Crippen LogP contribution in [0.5, 0.6) is 0 Å². The number of para-hydroxylation sites is 1. The molecule has 0 saturated heterocycles. The van der Waals surface area contributed by atoms with Crippen molar-refractivity contribution in [2.45, 2.75) is 12.5 Å². The Kier molecular flexibility index (Phi) is 3.36. The van der Waals surface area contributed by atoms with Crippen molar-refractivity contribution in [1.82, 2.24) is 10.3 Å². The molecule has 0 bridgehead atoms. The zero-order chi connectivity index (χ0) is 16.0. The Hall–Kier alpha value is -2.31. The Balaban J connectivity index is 1.54. The van der Waals surface area contributed by atoms with E-state index in [-0.39, 0.29) is 11.8 Å². The molecule has 116 valence electrons. The van der Waals surface area contributed by atoms with Crippen LogP contribution in [0.3, 0.4) is 0 Å². The molecule has 5 nitrogen and oxygen atoms in total. The fourth-order valence-corrected chi connectivity index (χ4v) is 3.85. The number of carbonyl (C=O) groups excluding carboxylic acids is 2. The van der Waals surface area contributed by atoms with Crippen molar-refractivity contribution in [2.24, 2.45) is 0 Å². The number of nitrogens with one attached hydrogen (secondary N) is 3. The number of aromatic nitrogens is 1. The highest BCUT2D eigenvalue weighted by Gasteiger charge is 2.28. The minimum Gasteiger partial charge on any atom is -0.342 e. The summed E-state index contributed by atoms with van der Waals surface area (Å²) in [6.45, 7) is 0. The number of benzene rings is 1. The van der Waals surface area contributed by atoms with Crippen LogP contribution in [-0.2, 0) is 11.2 Å². The van der Waals surface area contributed by atoms with Gasteiger partial charge in [0.15, 0.2) is 0 Å². The van der Waals surface area contributed by atoms with Crippen LogP contribution in [0.15, 0.2) is 36.4 Å². The molecule has 2 amide bonds. The van der Waals surface area contributed by atoms with E-state index in [1.165, 1.54) is 11.3 Å². The number of H-pyrrole nitrogens is 1. The molecule has 3 N–H and O–H groups in total. The molecule has 4 rings (SSSR count). The van der Waals surface area contributed by atoms with Gasteiger partial charge in [0.05, 0.1) is 4.34 Å². The monoisotopic (exact) mass is 345 g/mol. The molecule has 3 heterocycles. The van der Waals surface area contributed by atoms with Gasteiger partial charge in [-0.2, -0.15) is 0 Å². The number of aromatic amines is 1. The smallest absolute Gasteiger partial charge is 0.268 e. The van der Waals surface area contributed by atoms with Gasteiger partial charge in [-0.1, -0.05) is 29.8 Å². The first-order chi connectivity index (χ1) is 11.1. The molecular formula is C16H12ClN3O2S. The van der Waals surface area contributed by atoms with Gasteiger partial charge in [-0.05, 0) is 23.8 Å². The fraction of sp³-hybridized carbons (Fsp3) is 0.125. The molecule has 2 aromatic heterocycles. The molecule has 0 radical (unpaired) electrons. The summed E-state index contributed by atoms with van der Waals surface area (Å²) < 4.78 is 0.668. The second-order valence-electron chi connectivity index (χ2n) is 5.39. The SMILES string of the molecule is O=C(N[C@@H]1Cc2ccccc2NC1=O)c1cc2cc(Cl)sc2[nH]1. The molecule has 23 heavy (non-hydrogen) atoms. The molecule has 0 aliphatic carbocycles. The van der Waals surface area contributed by atoms with Gasteiger partial charge in [-0.15, -0.1) is 11.3 Å². The summed E-state index contributed by atoms with van der Waals surface area (Å²) in [7, 11) is 0. The first-order valence-electron chi connectivity index (χ1n) is 7.08. The molecule has 1 aliphatic heterocycles. The lowest BCUT2D eigenvalue weighted by molar-refractivity contribution is -0.118. The predicted molar refractivity (Wildman–Crippen MR) is 91.2 cm³/mol. The summed E-state index contributed by atoms with van der Waals surface area (Å²) in [5.74, 6) is -0.502. The van der Waals surface area contributed by atoms with Crippen LogP contribution >= 0.6 is 22.9 Å². The summed E-state index contributed by atoms with van der Waals surface area (Å²) in [5.41, 5.74) is 2.24. The van der Waals surface area contributed by atoms with Crippen molar-refractivity contribution in [3.8, 4) is 0 Å². The van der Waals surface area contributed by atoms with E-state index in [1.807, 2.05) is 24.3 Å². The maximum atomic E-state index is 12.4. The maximum absolute atomic E-state index is 12.4. The third-order valence-corrected chi connectivity index (χ3v) is 5.04. The van der Waals surface area contributed by atoms with E-state index in [2.05, 4.69) is 15.6 Å². The van der Waals surface area contributed by atoms with Crippen molar-refractivity contribution in [2.75, 3.05) is 5.32 Å². The van der Waals surface area contributed by atoms with Gasteiger partial charge in [0.1, 0.15) is 16.6 Å². The van der Waals surface area contributed by atoms with Gasteiger partial charge in [0, 0.05) is 17.5 Å². The van der Waals surface area contributed by atoms with Crippen LogP contribution in [-0.4, -0.2) is 22.8 Å². The number of rotatable bonds is 2. The second kappa shape index (κ2) is 5.40. The summed E-state index contributed by atoms with van der Waals surface area (Å²) in [6.07, 6.45) is 0.481. The van der Waals surface area contributed by atoms with Crippen molar-refractivity contribution < 1.29 is 9.59 Å².